The molecule has 1 fully saturated rings. The van der Waals surface area contributed by atoms with Gasteiger partial charge in [-0.3, -0.25) is 0 Å². The summed E-state index contributed by atoms with van der Waals surface area (Å²) in [5.41, 5.74) is 0. The Hall–Kier alpha value is 0.0700. The Kier molecular flexibility index (Phi) is 3.80. The quantitative estimate of drug-likeness (QED) is 0.913. The molecule has 4 heteroatoms. The highest BCUT2D eigenvalue weighted by atomic mass is 79.9. The Morgan fingerprint density at radius 3 is 2.73 bits per heavy atom. The van der Waals surface area contributed by atoms with Crippen LogP contribution in [0.2, 0.25) is 0 Å². The van der Waals surface area contributed by atoms with E-state index in [0.717, 1.165) is 9.70 Å². The molecule has 0 amide bonds. The highest BCUT2D eigenvalue weighted by molar-refractivity contribution is 9.11. The van der Waals surface area contributed by atoms with Crippen LogP contribution in [0.25, 0.3) is 0 Å². The molecule has 0 aromatic carbocycles. The lowest BCUT2D eigenvalue weighted by atomic mass is 9.80. The van der Waals surface area contributed by atoms with Crippen LogP contribution in [0.4, 0.5) is 0 Å². The van der Waals surface area contributed by atoms with Crippen LogP contribution in [0.15, 0.2) is 9.98 Å². The summed E-state index contributed by atoms with van der Waals surface area (Å²) in [6, 6.07) is 0.994. The molecule has 1 aromatic rings. The van der Waals surface area contributed by atoms with Crippen molar-refractivity contribution >= 4 is 27.3 Å². The van der Waals surface area contributed by atoms with E-state index < -0.39 is 0 Å². The molecule has 1 aromatic heterocycles. The van der Waals surface area contributed by atoms with E-state index in [1.807, 2.05) is 6.20 Å². The first-order chi connectivity index (χ1) is 7.16. The van der Waals surface area contributed by atoms with Crippen molar-refractivity contribution in [2.75, 3.05) is 0 Å². The van der Waals surface area contributed by atoms with Crippen molar-refractivity contribution in [2.24, 2.45) is 5.92 Å². The van der Waals surface area contributed by atoms with Crippen LogP contribution in [0.3, 0.4) is 0 Å². The minimum atomic E-state index is 0.372. The average molecular weight is 289 g/mol. The first-order valence-corrected chi connectivity index (χ1v) is 7.15. The fourth-order valence-electron chi connectivity index (χ4n) is 2.01. The van der Waals surface area contributed by atoms with Crippen molar-refractivity contribution in [3.05, 3.63) is 15.0 Å². The highest BCUT2D eigenvalue weighted by Crippen LogP contribution is 2.31. The largest absolute Gasteiger partial charge is 0.305 e. The third-order valence-electron chi connectivity index (χ3n) is 3.24. The molecule has 0 aliphatic heterocycles. The molecule has 0 spiro atoms. The summed E-state index contributed by atoms with van der Waals surface area (Å²) in [6.45, 7) is 4.49. The zero-order chi connectivity index (χ0) is 10.8. The second-order valence-corrected chi connectivity index (χ2v) is 6.81. The SMILES string of the molecule is CC(NC(C)C1CCC1)c1ncc(Br)s1. The lowest BCUT2D eigenvalue weighted by Crippen LogP contribution is -2.38. The average Bonchev–Trinajstić information content (AvgIpc) is 2.48. The molecular formula is C11H17BrN2S. The molecule has 0 bridgehead atoms. The normalized spacial score (nSPS) is 21.0. The first-order valence-electron chi connectivity index (χ1n) is 5.54. The Balaban J connectivity index is 1.88. The van der Waals surface area contributed by atoms with Gasteiger partial charge >= 0.3 is 0 Å². The van der Waals surface area contributed by atoms with Gasteiger partial charge in [0.05, 0.1) is 16.0 Å². The monoisotopic (exact) mass is 288 g/mol. The zero-order valence-corrected chi connectivity index (χ0v) is 11.6. The standard InChI is InChI=1S/C11H17BrN2S/c1-7(9-4-3-5-9)14-8(2)11-13-6-10(12)15-11/h6-9,14H,3-5H2,1-2H3. The van der Waals surface area contributed by atoms with Crippen molar-refractivity contribution in [2.45, 2.75) is 45.2 Å². The van der Waals surface area contributed by atoms with E-state index in [1.54, 1.807) is 11.3 Å². The van der Waals surface area contributed by atoms with Crippen LogP contribution in [0.1, 0.15) is 44.2 Å². The topological polar surface area (TPSA) is 24.9 Å². The minimum absolute atomic E-state index is 0.372. The first kappa shape index (κ1) is 11.6. The van der Waals surface area contributed by atoms with E-state index in [4.69, 9.17) is 0 Å². The second-order valence-electron chi connectivity index (χ2n) is 4.37. The Morgan fingerprint density at radius 2 is 2.27 bits per heavy atom. The summed E-state index contributed by atoms with van der Waals surface area (Å²) in [5, 5.41) is 4.81. The van der Waals surface area contributed by atoms with E-state index >= 15 is 0 Å². The molecule has 0 radical (unpaired) electrons. The molecule has 15 heavy (non-hydrogen) atoms. The Bertz CT molecular complexity index is 322. The van der Waals surface area contributed by atoms with Gasteiger partial charge in [0.2, 0.25) is 0 Å². The van der Waals surface area contributed by atoms with Crippen molar-refractivity contribution < 1.29 is 0 Å². The molecule has 2 unspecified atom stereocenters. The molecule has 84 valence electrons. The van der Waals surface area contributed by atoms with Gasteiger partial charge in [0.25, 0.3) is 0 Å². The summed E-state index contributed by atoms with van der Waals surface area (Å²) in [4.78, 5) is 4.38. The number of halogens is 1. The van der Waals surface area contributed by atoms with Gasteiger partial charge in [-0.25, -0.2) is 4.98 Å². The van der Waals surface area contributed by atoms with Crippen LogP contribution >= 0.6 is 27.3 Å². The smallest absolute Gasteiger partial charge is 0.110 e. The zero-order valence-electron chi connectivity index (χ0n) is 9.16. The number of hydrogen-bond acceptors (Lipinski definition) is 3. The van der Waals surface area contributed by atoms with Gasteiger partial charge in [-0.15, -0.1) is 11.3 Å². The minimum Gasteiger partial charge on any atom is -0.305 e. The second kappa shape index (κ2) is 4.93. The third-order valence-corrected chi connectivity index (χ3v) is 4.89. The molecule has 1 aliphatic rings. The van der Waals surface area contributed by atoms with E-state index in [-0.39, 0.29) is 0 Å². The van der Waals surface area contributed by atoms with Gasteiger partial charge in [0.15, 0.2) is 0 Å². The number of nitrogens with zero attached hydrogens (tertiary/aromatic N) is 1. The molecule has 1 aliphatic carbocycles. The maximum Gasteiger partial charge on any atom is 0.110 e. The molecular weight excluding hydrogens is 272 g/mol. The summed E-state index contributed by atoms with van der Waals surface area (Å²) in [5.74, 6) is 0.885. The summed E-state index contributed by atoms with van der Waals surface area (Å²) >= 11 is 5.17. The number of thiazole rings is 1. The van der Waals surface area contributed by atoms with E-state index in [9.17, 15) is 0 Å². The Morgan fingerprint density at radius 1 is 1.53 bits per heavy atom. The predicted octanol–water partition coefficient (Wildman–Crippen LogP) is 3.74. The lowest BCUT2D eigenvalue weighted by Gasteiger charge is -2.33. The maximum atomic E-state index is 4.38. The highest BCUT2D eigenvalue weighted by Gasteiger charge is 2.25. The van der Waals surface area contributed by atoms with Crippen molar-refractivity contribution in [3.63, 3.8) is 0 Å². The maximum absolute atomic E-state index is 4.38. The van der Waals surface area contributed by atoms with Gasteiger partial charge in [0.1, 0.15) is 5.01 Å². The van der Waals surface area contributed by atoms with E-state index in [1.165, 1.54) is 24.3 Å². The number of nitrogens with one attached hydrogen (secondary N) is 1. The van der Waals surface area contributed by atoms with Crippen LogP contribution in [-0.4, -0.2) is 11.0 Å². The summed E-state index contributed by atoms with van der Waals surface area (Å²) < 4.78 is 1.11. The fraction of sp³-hybridized carbons (Fsp3) is 0.727. The van der Waals surface area contributed by atoms with Gasteiger partial charge in [-0.1, -0.05) is 6.42 Å². The molecule has 0 saturated heterocycles. The molecule has 2 atom stereocenters. The third kappa shape index (κ3) is 2.80. The van der Waals surface area contributed by atoms with Gasteiger partial charge in [0, 0.05) is 6.04 Å². The summed E-state index contributed by atoms with van der Waals surface area (Å²) in [7, 11) is 0. The van der Waals surface area contributed by atoms with Gasteiger partial charge in [-0.2, -0.15) is 0 Å². The predicted molar refractivity (Wildman–Crippen MR) is 68.2 cm³/mol. The number of hydrogen-bond donors (Lipinski definition) is 1. The molecule has 1 saturated carbocycles. The van der Waals surface area contributed by atoms with E-state index in [2.05, 4.69) is 40.1 Å². The summed E-state index contributed by atoms with van der Waals surface area (Å²) in [6.07, 6.45) is 6.07. The van der Waals surface area contributed by atoms with Crippen LogP contribution in [0, 0.1) is 5.92 Å². The molecule has 1 heterocycles. The van der Waals surface area contributed by atoms with E-state index in [0.29, 0.717) is 12.1 Å². The molecule has 2 rings (SSSR count). The number of rotatable bonds is 4. The lowest BCUT2D eigenvalue weighted by molar-refractivity contribution is 0.229. The van der Waals surface area contributed by atoms with Crippen molar-refractivity contribution in [1.82, 2.24) is 10.3 Å². The van der Waals surface area contributed by atoms with Crippen LogP contribution in [-0.2, 0) is 0 Å². The molecule has 2 nitrogen and oxygen atoms in total. The van der Waals surface area contributed by atoms with Crippen molar-refractivity contribution in [1.29, 1.82) is 0 Å². The van der Waals surface area contributed by atoms with Gasteiger partial charge < -0.3 is 5.32 Å². The van der Waals surface area contributed by atoms with Crippen LogP contribution in [0.5, 0.6) is 0 Å². The molecule has 1 N–H and O–H groups in total. The van der Waals surface area contributed by atoms with Crippen molar-refractivity contribution in [3.8, 4) is 0 Å². The Labute approximate surface area is 104 Å². The number of aromatic nitrogens is 1. The van der Waals surface area contributed by atoms with Crippen LogP contribution < -0.4 is 5.32 Å². The van der Waals surface area contributed by atoms with Gasteiger partial charge in [-0.05, 0) is 48.5 Å². The fourth-order valence-corrected chi connectivity index (χ4v) is 3.26.